The summed E-state index contributed by atoms with van der Waals surface area (Å²) in [4.78, 5) is 35.7. The van der Waals surface area contributed by atoms with Crippen molar-refractivity contribution in [2.75, 3.05) is 0 Å². The number of non-ortho nitro benzene ring substituents is 1. The van der Waals surface area contributed by atoms with Crippen LogP contribution in [0.3, 0.4) is 0 Å². The second kappa shape index (κ2) is 8.95. The molecule has 0 spiro atoms. The predicted molar refractivity (Wildman–Crippen MR) is 125 cm³/mol. The number of benzene rings is 2. The molecular weight excluding hydrogens is 474 g/mol. The maximum Gasteiger partial charge on any atom is 0.285 e. The minimum absolute atomic E-state index is 0.0241. The van der Waals surface area contributed by atoms with Crippen molar-refractivity contribution in [1.82, 2.24) is 10.4 Å². The van der Waals surface area contributed by atoms with Crippen molar-refractivity contribution in [3.63, 3.8) is 0 Å². The van der Waals surface area contributed by atoms with E-state index in [-0.39, 0.29) is 20.5 Å². The van der Waals surface area contributed by atoms with Gasteiger partial charge >= 0.3 is 0 Å². The number of amides is 2. The molecule has 2 heterocycles. The monoisotopic (exact) mass is 485 g/mol. The lowest BCUT2D eigenvalue weighted by Gasteiger charge is -2.15. The lowest BCUT2D eigenvalue weighted by molar-refractivity contribution is -0.384. The van der Waals surface area contributed by atoms with Crippen LogP contribution in [0.5, 0.6) is 0 Å². The van der Waals surface area contributed by atoms with Gasteiger partial charge in [0.25, 0.3) is 17.5 Å². The second-order valence-electron chi connectivity index (χ2n) is 6.47. The lowest BCUT2D eigenvalue weighted by atomic mass is 10.1. The fourth-order valence-corrected chi connectivity index (χ4v) is 4.17. The number of thiocarbonyl (C=S) groups is 1. The van der Waals surface area contributed by atoms with Crippen molar-refractivity contribution in [2.45, 2.75) is 0 Å². The number of thioether (sulfide) groups is 1. The van der Waals surface area contributed by atoms with Crippen molar-refractivity contribution >= 4 is 63.5 Å². The number of nitro benzene ring substituents is 1. The van der Waals surface area contributed by atoms with Gasteiger partial charge in [0, 0.05) is 34.4 Å². The van der Waals surface area contributed by atoms with Gasteiger partial charge in [-0.15, -0.1) is 0 Å². The molecule has 1 aromatic heterocycles. The van der Waals surface area contributed by atoms with Gasteiger partial charge in [-0.1, -0.05) is 29.4 Å². The highest BCUT2D eigenvalue weighted by Crippen LogP contribution is 2.33. The highest BCUT2D eigenvalue weighted by Gasteiger charge is 2.34. The van der Waals surface area contributed by atoms with Gasteiger partial charge < -0.3 is 4.42 Å². The van der Waals surface area contributed by atoms with Crippen LogP contribution in [0.25, 0.3) is 17.4 Å². The number of hydrogen-bond acceptors (Lipinski definition) is 7. The first kappa shape index (κ1) is 21.8. The summed E-state index contributed by atoms with van der Waals surface area (Å²) in [6.45, 7) is 0. The van der Waals surface area contributed by atoms with Crippen LogP contribution in [0.2, 0.25) is 5.02 Å². The third-order valence-electron chi connectivity index (χ3n) is 4.36. The van der Waals surface area contributed by atoms with Gasteiger partial charge in [0.15, 0.2) is 4.32 Å². The molecule has 0 unspecified atom stereocenters. The Morgan fingerprint density at radius 2 is 1.94 bits per heavy atom. The van der Waals surface area contributed by atoms with Gasteiger partial charge in [-0.3, -0.25) is 25.1 Å². The van der Waals surface area contributed by atoms with Crippen molar-refractivity contribution in [3.8, 4) is 11.3 Å². The van der Waals surface area contributed by atoms with Gasteiger partial charge in [-0.25, -0.2) is 0 Å². The topological polar surface area (TPSA) is 106 Å². The quantitative estimate of drug-likeness (QED) is 0.233. The molecule has 0 atom stereocenters. The summed E-state index contributed by atoms with van der Waals surface area (Å²) in [5, 5.41) is 12.2. The molecule has 0 aliphatic carbocycles. The van der Waals surface area contributed by atoms with E-state index < -0.39 is 16.7 Å². The summed E-state index contributed by atoms with van der Waals surface area (Å²) in [5.41, 5.74) is 3.39. The number of hydrazine groups is 1. The molecule has 3 aromatic rings. The first-order valence-corrected chi connectivity index (χ1v) is 10.6. The van der Waals surface area contributed by atoms with Gasteiger partial charge in [-0.05, 0) is 54.7 Å². The summed E-state index contributed by atoms with van der Waals surface area (Å²) in [5.74, 6) is -0.150. The molecule has 1 saturated heterocycles. The van der Waals surface area contributed by atoms with Crippen LogP contribution in [-0.2, 0) is 4.79 Å². The number of hydrogen-bond donors (Lipinski definition) is 1. The van der Waals surface area contributed by atoms with Gasteiger partial charge in [0.1, 0.15) is 11.5 Å². The maximum absolute atomic E-state index is 12.7. The Morgan fingerprint density at radius 3 is 2.62 bits per heavy atom. The average molecular weight is 486 g/mol. The van der Waals surface area contributed by atoms with Crippen LogP contribution in [0, 0.1) is 10.1 Å². The molecule has 0 radical (unpaired) electrons. The highest BCUT2D eigenvalue weighted by atomic mass is 35.5. The van der Waals surface area contributed by atoms with E-state index in [4.69, 9.17) is 28.2 Å². The van der Waals surface area contributed by atoms with Crippen molar-refractivity contribution in [3.05, 3.63) is 92.0 Å². The maximum atomic E-state index is 12.7. The third-order valence-corrected chi connectivity index (χ3v) is 5.89. The molecule has 2 aromatic carbocycles. The molecule has 1 aliphatic rings. The molecule has 1 fully saturated rings. The zero-order valence-corrected chi connectivity index (χ0v) is 18.4. The Morgan fingerprint density at radius 1 is 1.19 bits per heavy atom. The Kier molecular flexibility index (Phi) is 6.08. The first-order valence-electron chi connectivity index (χ1n) is 9.01. The van der Waals surface area contributed by atoms with E-state index in [1.54, 1.807) is 42.5 Å². The summed E-state index contributed by atoms with van der Waals surface area (Å²) in [6, 6.07) is 15.6. The minimum atomic E-state index is -0.525. The SMILES string of the molecule is O=C(NN1C(=O)/C(=C/c2ccc(-c3ccc([N+](=O)[O-])cc3)o2)SC1=S)c1cccc(Cl)c1. The molecular formula is C21H12ClN3O5S2. The summed E-state index contributed by atoms with van der Waals surface area (Å²) in [6.07, 6.45) is 1.51. The van der Waals surface area contributed by atoms with E-state index in [0.717, 1.165) is 16.8 Å². The van der Waals surface area contributed by atoms with Crippen LogP contribution in [0.1, 0.15) is 16.1 Å². The molecule has 8 nitrogen and oxygen atoms in total. The van der Waals surface area contributed by atoms with Crippen molar-refractivity contribution < 1.29 is 18.9 Å². The fourth-order valence-electron chi connectivity index (χ4n) is 2.82. The third kappa shape index (κ3) is 4.57. The van der Waals surface area contributed by atoms with Crippen molar-refractivity contribution in [2.24, 2.45) is 0 Å². The van der Waals surface area contributed by atoms with Gasteiger partial charge in [0.05, 0.1) is 9.83 Å². The number of rotatable bonds is 5. The number of nitrogens with one attached hydrogen (secondary N) is 1. The molecule has 160 valence electrons. The number of nitro groups is 1. The molecule has 0 bridgehead atoms. The zero-order chi connectivity index (χ0) is 22.8. The largest absolute Gasteiger partial charge is 0.457 e. The van der Waals surface area contributed by atoms with E-state index in [1.165, 1.54) is 24.3 Å². The summed E-state index contributed by atoms with van der Waals surface area (Å²) < 4.78 is 5.90. The second-order valence-corrected chi connectivity index (χ2v) is 8.59. The number of nitrogens with zero attached hydrogens (tertiary/aromatic N) is 2. The molecule has 11 heteroatoms. The molecule has 1 aliphatic heterocycles. The normalized spacial score (nSPS) is 14.8. The number of carbonyl (C=O) groups excluding carboxylic acids is 2. The predicted octanol–water partition coefficient (Wildman–Crippen LogP) is 5.05. The van der Waals surface area contributed by atoms with Crippen LogP contribution >= 0.6 is 35.6 Å². The molecule has 1 N–H and O–H groups in total. The Bertz CT molecular complexity index is 1290. The highest BCUT2D eigenvalue weighted by molar-refractivity contribution is 8.26. The molecule has 2 amide bonds. The number of carbonyl (C=O) groups is 2. The molecule has 4 rings (SSSR count). The number of furan rings is 1. The van der Waals surface area contributed by atoms with Crippen LogP contribution in [-0.4, -0.2) is 26.1 Å². The standard InChI is InChI=1S/C21H12ClN3O5S2/c22-14-3-1-2-13(10-14)19(26)23-24-20(27)18(32-21(24)31)11-16-8-9-17(30-16)12-4-6-15(7-5-12)25(28)29/h1-11H,(H,23,26)/b18-11-. The van der Waals surface area contributed by atoms with Gasteiger partial charge in [0.2, 0.25) is 0 Å². The minimum Gasteiger partial charge on any atom is -0.457 e. The Hall–Kier alpha value is -3.47. The fraction of sp³-hybridized carbons (Fsp3) is 0. The van der Waals surface area contributed by atoms with Crippen LogP contribution < -0.4 is 5.43 Å². The van der Waals surface area contributed by atoms with Gasteiger partial charge in [-0.2, -0.15) is 5.01 Å². The molecule has 0 saturated carbocycles. The average Bonchev–Trinajstić information content (AvgIpc) is 3.34. The zero-order valence-electron chi connectivity index (χ0n) is 16.0. The van der Waals surface area contributed by atoms with E-state index in [1.807, 2.05) is 0 Å². The van der Waals surface area contributed by atoms with E-state index >= 15 is 0 Å². The number of halogens is 1. The Balaban J connectivity index is 1.49. The van der Waals surface area contributed by atoms with Crippen LogP contribution in [0.15, 0.2) is 70.0 Å². The molecule has 32 heavy (non-hydrogen) atoms. The van der Waals surface area contributed by atoms with Crippen molar-refractivity contribution in [1.29, 1.82) is 0 Å². The summed E-state index contributed by atoms with van der Waals surface area (Å²) >= 11 is 12.1. The lowest BCUT2D eigenvalue weighted by Crippen LogP contribution is -2.44. The first-order chi connectivity index (χ1) is 15.3. The van der Waals surface area contributed by atoms with E-state index in [0.29, 0.717) is 22.1 Å². The van der Waals surface area contributed by atoms with E-state index in [9.17, 15) is 19.7 Å². The van der Waals surface area contributed by atoms with E-state index in [2.05, 4.69) is 5.43 Å². The smallest absolute Gasteiger partial charge is 0.285 e. The summed E-state index contributed by atoms with van der Waals surface area (Å²) in [7, 11) is 0. The Labute approximate surface area is 196 Å². The van der Waals surface area contributed by atoms with Crippen LogP contribution in [0.4, 0.5) is 5.69 Å².